The third-order valence-corrected chi connectivity index (χ3v) is 4.95. The molecule has 0 aliphatic rings. The van der Waals surface area contributed by atoms with E-state index in [0.717, 1.165) is 11.0 Å². The lowest BCUT2D eigenvalue weighted by molar-refractivity contribution is 0.586. The number of nitrogens with one attached hydrogen (secondary N) is 1. The van der Waals surface area contributed by atoms with Gasteiger partial charge in [0.15, 0.2) is 0 Å². The quantitative estimate of drug-likeness (QED) is 0.790. The van der Waals surface area contributed by atoms with Crippen LogP contribution in [0, 0.1) is 5.82 Å². The molecule has 0 unspecified atom stereocenters. The SMILES string of the molecule is CC(C)(C)c1cc(CNCc2ccc(Br)cc2F)cs1. The van der Waals surface area contributed by atoms with Gasteiger partial charge in [0.05, 0.1) is 0 Å². The van der Waals surface area contributed by atoms with E-state index in [1.54, 1.807) is 17.4 Å². The van der Waals surface area contributed by atoms with E-state index in [2.05, 4.69) is 53.5 Å². The lowest BCUT2D eigenvalue weighted by Gasteiger charge is -2.15. The number of thiophene rings is 1. The van der Waals surface area contributed by atoms with E-state index >= 15 is 0 Å². The molecule has 108 valence electrons. The van der Waals surface area contributed by atoms with Crippen LogP contribution in [0.3, 0.4) is 0 Å². The lowest BCUT2D eigenvalue weighted by atomic mass is 9.94. The molecule has 1 N–H and O–H groups in total. The minimum absolute atomic E-state index is 0.174. The molecule has 1 heterocycles. The molecule has 4 heteroatoms. The Hall–Kier alpha value is -0.710. The van der Waals surface area contributed by atoms with Crippen molar-refractivity contribution in [3.05, 3.63) is 55.9 Å². The van der Waals surface area contributed by atoms with Crippen molar-refractivity contribution >= 4 is 27.3 Å². The van der Waals surface area contributed by atoms with Crippen molar-refractivity contribution in [3.8, 4) is 0 Å². The standard InChI is InChI=1S/C16H19BrFNS/c1-16(2,3)15-6-11(10-20-15)8-19-9-12-4-5-13(17)7-14(12)18/h4-7,10,19H,8-9H2,1-3H3. The van der Waals surface area contributed by atoms with Gasteiger partial charge in [-0.15, -0.1) is 11.3 Å². The Morgan fingerprint density at radius 3 is 2.55 bits per heavy atom. The van der Waals surface area contributed by atoms with Gasteiger partial charge < -0.3 is 5.32 Å². The fraction of sp³-hybridized carbons (Fsp3) is 0.375. The van der Waals surface area contributed by atoms with Gasteiger partial charge in [0, 0.05) is 28.0 Å². The molecule has 1 aromatic carbocycles. The number of rotatable bonds is 4. The summed E-state index contributed by atoms with van der Waals surface area (Å²) in [7, 11) is 0. The van der Waals surface area contributed by atoms with Gasteiger partial charge in [-0.1, -0.05) is 42.8 Å². The molecular formula is C16H19BrFNS. The van der Waals surface area contributed by atoms with Crippen molar-refractivity contribution in [1.29, 1.82) is 0 Å². The highest BCUT2D eigenvalue weighted by Crippen LogP contribution is 2.28. The maximum atomic E-state index is 13.7. The van der Waals surface area contributed by atoms with Crippen molar-refractivity contribution in [2.75, 3.05) is 0 Å². The van der Waals surface area contributed by atoms with Crippen LogP contribution in [0.15, 0.2) is 34.1 Å². The second-order valence-electron chi connectivity index (χ2n) is 5.91. The summed E-state index contributed by atoms with van der Waals surface area (Å²) in [5.74, 6) is -0.174. The highest BCUT2D eigenvalue weighted by Gasteiger charge is 2.15. The summed E-state index contributed by atoms with van der Waals surface area (Å²) in [6.45, 7) is 7.95. The molecule has 0 aliphatic carbocycles. The molecule has 0 aliphatic heterocycles. The Kier molecular flexibility index (Phi) is 4.99. The number of hydrogen-bond acceptors (Lipinski definition) is 2. The predicted octanol–water partition coefficient (Wildman–Crippen LogP) is 5.24. The molecule has 0 atom stereocenters. The Labute approximate surface area is 132 Å². The van der Waals surface area contributed by atoms with E-state index < -0.39 is 0 Å². The minimum Gasteiger partial charge on any atom is -0.308 e. The smallest absolute Gasteiger partial charge is 0.128 e. The van der Waals surface area contributed by atoms with E-state index in [0.29, 0.717) is 12.1 Å². The summed E-state index contributed by atoms with van der Waals surface area (Å²) in [5, 5.41) is 5.47. The summed E-state index contributed by atoms with van der Waals surface area (Å²) < 4.78 is 14.4. The highest BCUT2D eigenvalue weighted by atomic mass is 79.9. The second kappa shape index (κ2) is 6.37. The van der Waals surface area contributed by atoms with Crippen LogP contribution in [-0.2, 0) is 18.5 Å². The Morgan fingerprint density at radius 1 is 1.20 bits per heavy atom. The van der Waals surface area contributed by atoms with Crippen molar-refractivity contribution in [1.82, 2.24) is 5.32 Å². The second-order valence-corrected chi connectivity index (χ2v) is 7.74. The largest absolute Gasteiger partial charge is 0.308 e. The fourth-order valence-electron chi connectivity index (χ4n) is 1.87. The summed E-state index contributed by atoms with van der Waals surface area (Å²) >= 11 is 5.05. The van der Waals surface area contributed by atoms with Crippen molar-refractivity contribution < 1.29 is 4.39 Å². The lowest BCUT2D eigenvalue weighted by Crippen LogP contribution is -2.13. The molecule has 0 spiro atoms. The van der Waals surface area contributed by atoms with Gasteiger partial charge in [-0.25, -0.2) is 4.39 Å². The Morgan fingerprint density at radius 2 is 1.95 bits per heavy atom. The summed E-state index contributed by atoms with van der Waals surface area (Å²) in [4.78, 5) is 1.38. The topological polar surface area (TPSA) is 12.0 Å². The monoisotopic (exact) mass is 355 g/mol. The van der Waals surface area contributed by atoms with Gasteiger partial charge in [-0.05, 0) is 34.6 Å². The molecule has 0 bridgehead atoms. The molecule has 0 radical (unpaired) electrons. The summed E-state index contributed by atoms with van der Waals surface area (Å²) in [6.07, 6.45) is 0. The third-order valence-electron chi connectivity index (χ3n) is 3.05. The van der Waals surface area contributed by atoms with Crippen LogP contribution < -0.4 is 5.32 Å². The number of hydrogen-bond donors (Lipinski definition) is 1. The van der Waals surface area contributed by atoms with Gasteiger partial charge in [-0.2, -0.15) is 0 Å². The first-order chi connectivity index (χ1) is 9.36. The maximum absolute atomic E-state index is 13.7. The minimum atomic E-state index is -0.174. The highest BCUT2D eigenvalue weighted by molar-refractivity contribution is 9.10. The van der Waals surface area contributed by atoms with E-state index in [-0.39, 0.29) is 11.2 Å². The Bertz CT molecular complexity index is 586. The van der Waals surface area contributed by atoms with E-state index in [4.69, 9.17) is 0 Å². The van der Waals surface area contributed by atoms with E-state index in [1.807, 2.05) is 6.07 Å². The summed E-state index contributed by atoms with van der Waals surface area (Å²) in [6, 6.07) is 7.40. The molecule has 0 fully saturated rings. The molecular weight excluding hydrogens is 337 g/mol. The number of halogens is 2. The molecule has 1 aromatic heterocycles. The van der Waals surface area contributed by atoms with Crippen LogP contribution in [0.1, 0.15) is 36.8 Å². The zero-order chi connectivity index (χ0) is 14.8. The molecule has 1 nitrogen and oxygen atoms in total. The van der Waals surface area contributed by atoms with Crippen LogP contribution in [-0.4, -0.2) is 0 Å². The first-order valence-corrected chi connectivity index (χ1v) is 8.26. The first kappa shape index (κ1) is 15.7. The van der Waals surface area contributed by atoms with Gasteiger partial charge in [0.25, 0.3) is 0 Å². The fourth-order valence-corrected chi connectivity index (χ4v) is 3.20. The zero-order valence-electron chi connectivity index (χ0n) is 12.0. The van der Waals surface area contributed by atoms with Crippen molar-refractivity contribution in [2.24, 2.45) is 0 Å². The average molecular weight is 356 g/mol. The van der Waals surface area contributed by atoms with E-state index in [9.17, 15) is 4.39 Å². The molecule has 0 saturated heterocycles. The van der Waals surface area contributed by atoms with Gasteiger partial charge >= 0.3 is 0 Å². The van der Waals surface area contributed by atoms with Gasteiger partial charge in [0.2, 0.25) is 0 Å². The van der Waals surface area contributed by atoms with Gasteiger partial charge in [-0.3, -0.25) is 0 Å². The first-order valence-electron chi connectivity index (χ1n) is 6.59. The molecule has 0 saturated carbocycles. The normalized spacial score (nSPS) is 11.8. The molecule has 2 rings (SSSR count). The molecule has 2 aromatic rings. The molecule has 20 heavy (non-hydrogen) atoms. The Balaban J connectivity index is 1.91. The van der Waals surface area contributed by atoms with Gasteiger partial charge in [0.1, 0.15) is 5.82 Å². The van der Waals surface area contributed by atoms with Crippen molar-refractivity contribution in [3.63, 3.8) is 0 Å². The van der Waals surface area contributed by atoms with Crippen LogP contribution >= 0.6 is 27.3 Å². The third kappa shape index (κ3) is 4.14. The van der Waals surface area contributed by atoms with Crippen LogP contribution in [0.4, 0.5) is 4.39 Å². The van der Waals surface area contributed by atoms with Crippen LogP contribution in [0.25, 0.3) is 0 Å². The maximum Gasteiger partial charge on any atom is 0.128 e. The predicted molar refractivity (Wildman–Crippen MR) is 87.7 cm³/mol. The van der Waals surface area contributed by atoms with Crippen molar-refractivity contribution in [2.45, 2.75) is 39.3 Å². The van der Waals surface area contributed by atoms with Crippen LogP contribution in [0.5, 0.6) is 0 Å². The number of benzene rings is 1. The average Bonchev–Trinajstić information content (AvgIpc) is 2.80. The van der Waals surface area contributed by atoms with Crippen LogP contribution in [0.2, 0.25) is 0 Å². The zero-order valence-corrected chi connectivity index (χ0v) is 14.4. The molecule has 0 amide bonds. The summed E-state index contributed by atoms with van der Waals surface area (Å²) in [5.41, 5.74) is 2.15. The van der Waals surface area contributed by atoms with E-state index in [1.165, 1.54) is 16.5 Å².